The van der Waals surface area contributed by atoms with E-state index >= 15 is 0 Å². The quantitative estimate of drug-likeness (QED) is 0.645. The van der Waals surface area contributed by atoms with Crippen LogP contribution in [0.2, 0.25) is 0 Å². The van der Waals surface area contributed by atoms with Crippen LogP contribution in [0.3, 0.4) is 0 Å². The van der Waals surface area contributed by atoms with Gasteiger partial charge in [0, 0.05) is 12.3 Å². The number of pyridine rings is 2. The van der Waals surface area contributed by atoms with Gasteiger partial charge in [0.2, 0.25) is 0 Å². The van der Waals surface area contributed by atoms with Crippen LogP contribution in [0.5, 0.6) is 0 Å². The van der Waals surface area contributed by atoms with Crippen molar-refractivity contribution < 1.29 is 9.72 Å². The fourth-order valence-corrected chi connectivity index (χ4v) is 1.55. The van der Waals surface area contributed by atoms with Crippen molar-refractivity contribution in [3.63, 3.8) is 0 Å². The van der Waals surface area contributed by atoms with Crippen LogP contribution in [0.25, 0.3) is 0 Å². The van der Waals surface area contributed by atoms with Gasteiger partial charge in [0.25, 0.3) is 11.6 Å². The number of nitrogens with zero attached hydrogens (tertiary/aromatic N) is 3. The molecule has 2 rings (SSSR count). The molecule has 102 valence electrons. The first-order chi connectivity index (χ1) is 9.49. The summed E-state index contributed by atoms with van der Waals surface area (Å²) in [6, 6.07) is 4.42. The summed E-state index contributed by atoms with van der Waals surface area (Å²) in [7, 11) is 0. The van der Waals surface area contributed by atoms with Crippen molar-refractivity contribution in [2.24, 2.45) is 0 Å². The maximum atomic E-state index is 12.1. The number of carbonyl (C=O) groups excluding carboxylic acids is 1. The second-order valence-corrected chi connectivity index (χ2v) is 3.97. The predicted octanol–water partition coefficient (Wildman–Crippen LogP) is 1.53. The van der Waals surface area contributed by atoms with Crippen LogP contribution in [0.1, 0.15) is 16.1 Å². The number of nitro groups is 1. The van der Waals surface area contributed by atoms with E-state index in [1.165, 1.54) is 0 Å². The van der Waals surface area contributed by atoms with Crippen LogP contribution in [-0.2, 0) is 0 Å². The van der Waals surface area contributed by atoms with Gasteiger partial charge in [0.05, 0.1) is 21.9 Å². The first-order valence-electron chi connectivity index (χ1n) is 5.62. The van der Waals surface area contributed by atoms with E-state index in [2.05, 4.69) is 15.3 Å². The highest BCUT2D eigenvalue weighted by Gasteiger charge is 2.17. The molecule has 0 unspecified atom stereocenters. The Morgan fingerprint density at radius 3 is 2.85 bits per heavy atom. The Bertz CT molecular complexity index is 687. The molecule has 0 saturated carbocycles. The van der Waals surface area contributed by atoms with Gasteiger partial charge in [0.1, 0.15) is 12.0 Å². The summed E-state index contributed by atoms with van der Waals surface area (Å²) >= 11 is 0. The Hall–Kier alpha value is -3.03. The predicted molar refractivity (Wildman–Crippen MR) is 72.2 cm³/mol. The molecule has 0 aromatic carbocycles. The summed E-state index contributed by atoms with van der Waals surface area (Å²) in [4.78, 5) is 29.8. The molecule has 0 radical (unpaired) electrons. The number of nitrogen functional groups attached to an aromatic ring is 1. The Labute approximate surface area is 113 Å². The van der Waals surface area contributed by atoms with Crippen molar-refractivity contribution in [2.75, 3.05) is 11.1 Å². The second-order valence-electron chi connectivity index (χ2n) is 3.97. The number of hydrogen-bond acceptors (Lipinski definition) is 6. The number of aryl methyl sites for hydroxylation is 1. The molecule has 0 bridgehead atoms. The highest BCUT2D eigenvalue weighted by Crippen LogP contribution is 2.19. The number of rotatable bonds is 3. The molecule has 8 heteroatoms. The van der Waals surface area contributed by atoms with E-state index in [1.807, 2.05) is 0 Å². The zero-order chi connectivity index (χ0) is 14.7. The second kappa shape index (κ2) is 5.31. The standard InChI is InChI=1S/C12H11N5O3/c1-7-10(3-2-4-14-7)16-12(18)9-5-8(17(19)20)6-15-11(9)13/h2-6H,1H3,(H2,13,15)(H,16,18). The van der Waals surface area contributed by atoms with Crippen molar-refractivity contribution in [2.45, 2.75) is 6.92 Å². The van der Waals surface area contributed by atoms with Gasteiger partial charge < -0.3 is 11.1 Å². The van der Waals surface area contributed by atoms with Gasteiger partial charge in [0.15, 0.2) is 0 Å². The summed E-state index contributed by atoms with van der Waals surface area (Å²) < 4.78 is 0. The zero-order valence-electron chi connectivity index (χ0n) is 10.5. The number of carbonyl (C=O) groups is 1. The molecule has 0 saturated heterocycles. The summed E-state index contributed by atoms with van der Waals surface area (Å²) in [5.74, 6) is -0.649. The van der Waals surface area contributed by atoms with E-state index in [4.69, 9.17) is 5.73 Å². The molecule has 20 heavy (non-hydrogen) atoms. The van der Waals surface area contributed by atoms with Gasteiger partial charge >= 0.3 is 0 Å². The van der Waals surface area contributed by atoms with Crippen LogP contribution in [-0.4, -0.2) is 20.8 Å². The van der Waals surface area contributed by atoms with Gasteiger partial charge in [-0.1, -0.05) is 0 Å². The Morgan fingerprint density at radius 1 is 1.45 bits per heavy atom. The molecule has 0 aliphatic heterocycles. The molecular weight excluding hydrogens is 262 g/mol. The summed E-state index contributed by atoms with van der Waals surface area (Å²) in [6.07, 6.45) is 2.59. The van der Waals surface area contributed by atoms with Gasteiger partial charge in [-0.15, -0.1) is 0 Å². The smallest absolute Gasteiger partial charge is 0.288 e. The molecule has 2 heterocycles. The molecule has 2 aromatic heterocycles. The SMILES string of the molecule is Cc1ncccc1NC(=O)c1cc([N+](=O)[O-])cnc1N. The number of aromatic nitrogens is 2. The summed E-state index contributed by atoms with van der Waals surface area (Å²) in [6.45, 7) is 1.73. The minimum atomic E-state index is -0.640. The van der Waals surface area contributed by atoms with Crippen molar-refractivity contribution in [1.29, 1.82) is 0 Å². The van der Waals surface area contributed by atoms with E-state index in [0.717, 1.165) is 12.3 Å². The van der Waals surface area contributed by atoms with Crippen LogP contribution >= 0.6 is 0 Å². The molecule has 8 nitrogen and oxygen atoms in total. The fourth-order valence-electron chi connectivity index (χ4n) is 1.55. The highest BCUT2D eigenvalue weighted by molar-refractivity contribution is 6.07. The molecule has 1 amide bonds. The molecular formula is C12H11N5O3. The third-order valence-electron chi connectivity index (χ3n) is 2.61. The number of nitrogens with one attached hydrogen (secondary N) is 1. The van der Waals surface area contributed by atoms with E-state index < -0.39 is 10.8 Å². The lowest BCUT2D eigenvalue weighted by atomic mass is 10.2. The van der Waals surface area contributed by atoms with Gasteiger partial charge in [-0.3, -0.25) is 19.9 Å². The largest absolute Gasteiger partial charge is 0.383 e. The van der Waals surface area contributed by atoms with Crippen LogP contribution in [0, 0.1) is 17.0 Å². The van der Waals surface area contributed by atoms with E-state index in [9.17, 15) is 14.9 Å². The average Bonchev–Trinajstić information content (AvgIpc) is 2.41. The number of nitrogens with two attached hydrogens (primary N) is 1. The Morgan fingerprint density at radius 2 is 2.20 bits per heavy atom. The van der Waals surface area contributed by atoms with Crippen LogP contribution in [0.4, 0.5) is 17.2 Å². The topological polar surface area (TPSA) is 124 Å². The molecule has 2 aromatic rings. The third kappa shape index (κ3) is 2.69. The van der Waals surface area contributed by atoms with Gasteiger partial charge in [-0.25, -0.2) is 4.98 Å². The summed E-state index contributed by atoms with van der Waals surface area (Å²) in [5, 5.41) is 13.3. The molecule has 3 N–H and O–H groups in total. The Kier molecular flexibility index (Phi) is 3.56. The van der Waals surface area contributed by atoms with Crippen molar-refractivity contribution in [1.82, 2.24) is 9.97 Å². The van der Waals surface area contributed by atoms with E-state index in [0.29, 0.717) is 11.4 Å². The maximum absolute atomic E-state index is 12.1. The monoisotopic (exact) mass is 273 g/mol. The van der Waals surface area contributed by atoms with Crippen molar-refractivity contribution >= 4 is 23.1 Å². The van der Waals surface area contributed by atoms with E-state index in [-0.39, 0.29) is 17.1 Å². The van der Waals surface area contributed by atoms with Gasteiger partial charge in [-0.2, -0.15) is 0 Å². The average molecular weight is 273 g/mol. The van der Waals surface area contributed by atoms with Crippen molar-refractivity contribution in [3.05, 3.63) is 52.0 Å². The Balaban J connectivity index is 2.32. The molecule has 0 fully saturated rings. The molecule has 0 spiro atoms. The lowest BCUT2D eigenvalue weighted by Gasteiger charge is -2.08. The first-order valence-corrected chi connectivity index (χ1v) is 5.62. The van der Waals surface area contributed by atoms with Gasteiger partial charge in [-0.05, 0) is 19.1 Å². The third-order valence-corrected chi connectivity index (χ3v) is 2.61. The fraction of sp³-hybridized carbons (Fsp3) is 0.0833. The molecule has 0 aliphatic rings. The summed E-state index contributed by atoms with van der Waals surface area (Å²) in [5.41, 5.74) is 6.35. The minimum absolute atomic E-state index is 0.0533. The lowest BCUT2D eigenvalue weighted by Crippen LogP contribution is -2.16. The molecule has 0 aliphatic carbocycles. The number of amides is 1. The maximum Gasteiger partial charge on any atom is 0.288 e. The first kappa shape index (κ1) is 13.4. The van der Waals surface area contributed by atoms with Crippen LogP contribution in [0.15, 0.2) is 30.6 Å². The van der Waals surface area contributed by atoms with E-state index in [1.54, 1.807) is 25.3 Å². The number of anilines is 2. The highest BCUT2D eigenvalue weighted by atomic mass is 16.6. The van der Waals surface area contributed by atoms with Crippen molar-refractivity contribution in [3.8, 4) is 0 Å². The normalized spacial score (nSPS) is 10.1. The zero-order valence-corrected chi connectivity index (χ0v) is 10.5. The molecule has 0 atom stereocenters. The minimum Gasteiger partial charge on any atom is -0.383 e. The number of hydrogen-bond donors (Lipinski definition) is 2. The van der Waals surface area contributed by atoms with Crippen LogP contribution < -0.4 is 11.1 Å². The lowest BCUT2D eigenvalue weighted by molar-refractivity contribution is -0.385.